The fourth-order valence-electron chi connectivity index (χ4n) is 5.76. The summed E-state index contributed by atoms with van der Waals surface area (Å²) in [5.41, 5.74) is 9.09. The third-order valence-corrected chi connectivity index (χ3v) is 8.10. The van der Waals surface area contributed by atoms with Crippen molar-refractivity contribution in [3.63, 3.8) is 0 Å². The van der Waals surface area contributed by atoms with Gasteiger partial charge in [0.15, 0.2) is 5.78 Å². The van der Waals surface area contributed by atoms with Crippen LogP contribution in [0.25, 0.3) is 11.1 Å². The van der Waals surface area contributed by atoms with Crippen LogP contribution in [0.4, 0.5) is 11.4 Å². The highest BCUT2D eigenvalue weighted by Crippen LogP contribution is 2.35. The number of hydrogen-bond acceptors (Lipinski definition) is 3. The molecule has 0 unspecified atom stereocenters. The number of benzene rings is 2. The minimum absolute atomic E-state index is 0.178. The van der Waals surface area contributed by atoms with E-state index in [2.05, 4.69) is 109 Å². The molecule has 5 rings (SSSR count). The second kappa shape index (κ2) is 13.5. The minimum atomic E-state index is 0.178. The molecular weight excluding hydrogens is 488 g/mol. The molecule has 2 aromatic rings. The molecular formula is C37H42N2O. The summed E-state index contributed by atoms with van der Waals surface area (Å²) in [4.78, 5) is 18.0. The summed E-state index contributed by atoms with van der Waals surface area (Å²) in [6.07, 6.45) is 26.0. The second-order valence-electron chi connectivity index (χ2n) is 10.9. The van der Waals surface area contributed by atoms with Crippen molar-refractivity contribution in [2.45, 2.75) is 65.2 Å². The molecule has 1 fully saturated rings. The number of ketones is 1. The van der Waals surface area contributed by atoms with Crippen molar-refractivity contribution in [2.24, 2.45) is 0 Å². The van der Waals surface area contributed by atoms with Gasteiger partial charge in [-0.05, 0) is 61.1 Å². The number of allylic oxidation sites excluding steroid dienone is 10. The average Bonchev–Trinajstić information content (AvgIpc) is 3.35. The van der Waals surface area contributed by atoms with Crippen LogP contribution in [0, 0.1) is 0 Å². The van der Waals surface area contributed by atoms with Crippen LogP contribution in [0.1, 0.15) is 76.3 Å². The molecule has 3 heteroatoms. The summed E-state index contributed by atoms with van der Waals surface area (Å²) in [6.45, 7) is 6.55. The maximum atomic E-state index is 13.3. The Hall–Kier alpha value is -3.85. The molecule has 40 heavy (non-hydrogen) atoms. The number of unbranched alkanes of at least 4 members (excludes halogenated alkanes) is 4. The summed E-state index contributed by atoms with van der Waals surface area (Å²) < 4.78 is 0. The lowest BCUT2D eigenvalue weighted by atomic mass is 9.98. The van der Waals surface area contributed by atoms with E-state index in [9.17, 15) is 4.79 Å². The molecule has 0 spiro atoms. The number of rotatable bonds is 10. The van der Waals surface area contributed by atoms with Gasteiger partial charge in [-0.3, -0.25) is 4.79 Å². The van der Waals surface area contributed by atoms with Gasteiger partial charge in [-0.1, -0.05) is 100 Å². The van der Waals surface area contributed by atoms with Crippen LogP contribution in [0.5, 0.6) is 0 Å². The van der Waals surface area contributed by atoms with Crippen LogP contribution in [0.3, 0.4) is 0 Å². The molecule has 3 nitrogen and oxygen atoms in total. The van der Waals surface area contributed by atoms with E-state index in [1.54, 1.807) is 0 Å². The molecule has 0 amide bonds. The minimum Gasteiger partial charge on any atom is -0.347 e. The van der Waals surface area contributed by atoms with Crippen LogP contribution < -0.4 is 9.80 Å². The largest absolute Gasteiger partial charge is 0.347 e. The number of carbonyl (C=O) groups excluding carboxylic acids is 1. The molecule has 0 saturated heterocycles. The number of nitrogens with zero attached hydrogens (tertiary/aromatic N) is 2. The highest BCUT2D eigenvalue weighted by molar-refractivity contribution is 6.11. The van der Waals surface area contributed by atoms with E-state index in [1.165, 1.54) is 61.0 Å². The summed E-state index contributed by atoms with van der Waals surface area (Å²) in [5.74, 6) is 0.178. The Kier molecular flexibility index (Phi) is 9.34. The Morgan fingerprint density at radius 2 is 1.07 bits per heavy atom. The number of para-hydroxylation sites is 2. The molecule has 0 aromatic heterocycles. The van der Waals surface area contributed by atoms with Crippen LogP contribution >= 0.6 is 0 Å². The van der Waals surface area contributed by atoms with Crippen molar-refractivity contribution in [1.29, 1.82) is 0 Å². The fraction of sp³-hybridized carbons (Fsp3) is 0.324. The lowest BCUT2D eigenvalue weighted by molar-refractivity contribution is -0.111. The highest BCUT2D eigenvalue weighted by Gasteiger charge is 2.23. The van der Waals surface area contributed by atoms with Crippen molar-refractivity contribution in [3.05, 3.63) is 120 Å². The molecule has 3 aliphatic rings. The molecule has 2 aromatic carbocycles. The van der Waals surface area contributed by atoms with Gasteiger partial charge in [0.1, 0.15) is 0 Å². The SMILES string of the molecule is CCCCCN1C=C/C(=C\C=C2/CC/C(=C\C=C3/C=CN(CCCCC)c4ccccc43)C2=O)c2ccccc21. The van der Waals surface area contributed by atoms with E-state index in [4.69, 9.17) is 0 Å². The predicted octanol–water partition coefficient (Wildman–Crippen LogP) is 9.42. The standard InChI is InChI=1S/C37H42N2O/c1-3-5-11-25-38-27-23-29(33-13-7-9-15-35(33)38)17-19-31-21-22-32(37(31)40)20-18-30-24-28-39(26-12-6-4-2)36-16-10-8-14-34(30)36/h7-10,13-20,23-24,27-28H,3-6,11-12,21-22,25-26H2,1-2H3/b29-17+,30-18+,31-19+,32-20+. The topological polar surface area (TPSA) is 23.6 Å². The number of anilines is 2. The van der Waals surface area contributed by atoms with Crippen molar-refractivity contribution >= 4 is 28.3 Å². The zero-order chi connectivity index (χ0) is 27.7. The van der Waals surface area contributed by atoms with Gasteiger partial charge < -0.3 is 9.80 Å². The molecule has 0 atom stereocenters. The van der Waals surface area contributed by atoms with Gasteiger partial charge in [-0.2, -0.15) is 0 Å². The maximum absolute atomic E-state index is 13.3. The number of Topliss-reactive ketones (excluding diaryl/α,β-unsaturated/α-hetero) is 1. The molecule has 0 bridgehead atoms. The third-order valence-electron chi connectivity index (χ3n) is 8.10. The Bertz CT molecular complexity index is 1300. The van der Waals surface area contributed by atoms with E-state index >= 15 is 0 Å². The summed E-state index contributed by atoms with van der Waals surface area (Å²) >= 11 is 0. The Balaban J connectivity index is 1.31. The van der Waals surface area contributed by atoms with Gasteiger partial charge in [0.25, 0.3) is 0 Å². The van der Waals surface area contributed by atoms with Gasteiger partial charge in [-0.25, -0.2) is 0 Å². The summed E-state index contributed by atoms with van der Waals surface area (Å²) in [7, 11) is 0. The number of hydrogen-bond donors (Lipinski definition) is 0. The van der Waals surface area contributed by atoms with Crippen LogP contribution in [0.15, 0.2) is 109 Å². The predicted molar refractivity (Wildman–Crippen MR) is 171 cm³/mol. The number of fused-ring (bicyclic) bond motifs is 2. The van der Waals surface area contributed by atoms with E-state index < -0.39 is 0 Å². The van der Waals surface area contributed by atoms with Gasteiger partial charge in [-0.15, -0.1) is 0 Å². The van der Waals surface area contributed by atoms with Crippen LogP contribution in [-0.2, 0) is 4.79 Å². The molecule has 206 valence electrons. The zero-order valence-electron chi connectivity index (χ0n) is 24.1. The van der Waals surface area contributed by atoms with Crippen molar-refractivity contribution in [2.75, 3.05) is 22.9 Å². The number of carbonyl (C=O) groups is 1. The highest BCUT2D eigenvalue weighted by atomic mass is 16.1. The summed E-state index contributed by atoms with van der Waals surface area (Å²) in [6, 6.07) is 17.2. The van der Waals surface area contributed by atoms with Crippen LogP contribution in [0.2, 0.25) is 0 Å². The smallest absolute Gasteiger partial charge is 0.185 e. The van der Waals surface area contributed by atoms with Crippen molar-refractivity contribution in [3.8, 4) is 0 Å². The fourth-order valence-corrected chi connectivity index (χ4v) is 5.76. The first-order valence-electron chi connectivity index (χ1n) is 15.1. The van der Waals surface area contributed by atoms with Crippen LogP contribution in [-0.4, -0.2) is 18.9 Å². The molecule has 0 N–H and O–H groups in total. The lowest BCUT2D eigenvalue weighted by Gasteiger charge is -2.27. The molecule has 0 radical (unpaired) electrons. The van der Waals surface area contributed by atoms with E-state index in [-0.39, 0.29) is 5.78 Å². The molecule has 2 aliphatic heterocycles. The Morgan fingerprint density at radius 3 is 1.52 bits per heavy atom. The quantitative estimate of drug-likeness (QED) is 0.226. The van der Waals surface area contributed by atoms with Gasteiger partial charge >= 0.3 is 0 Å². The van der Waals surface area contributed by atoms with E-state index in [0.29, 0.717) is 0 Å². The monoisotopic (exact) mass is 530 g/mol. The van der Waals surface area contributed by atoms with Gasteiger partial charge in [0.2, 0.25) is 0 Å². The third kappa shape index (κ3) is 6.31. The molecule has 2 heterocycles. The van der Waals surface area contributed by atoms with Gasteiger partial charge in [0, 0.05) is 59.1 Å². The lowest BCUT2D eigenvalue weighted by Crippen LogP contribution is -2.21. The normalized spacial score (nSPS) is 20.3. The Morgan fingerprint density at radius 1 is 0.625 bits per heavy atom. The zero-order valence-corrected chi connectivity index (χ0v) is 24.1. The van der Waals surface area contributed by atoms with Crippen molar-refractivity contribution in [1.82, 2.24) is 0 Å². The first-order valence-corrected chi connectivity index (χ1v) is 15.1. The second-order valence-corrected chi connectivity index (χ2v) is 10.9. The first-order chi connectivity index (χ1) is 19.7. The van der Waals surface area contributed by atoms with E-state index in [0.717, 1.165) is 48.2 Å². The summed E-state index contributed by atoms with van der Waals surface area (Å²) in [5, 5.41) is 0. The van der Waals surface area contributed by atoms with Gasteiger partial charge in [0.05, 0.1) is 0 Å². The molecule has 1 aliphatic carbocycles. The Labute approximate surface area is 240 Å². The molecule has 1 saturated carbocycles. The maximum Gasteiger partial charge on any atom is 0.185 e. The van der Waals surface area contributed by atoms with E-state index in [1.807, 2.05) is 12.2 Å². The first kappa shape index (κ1) is 27.7. The van der Waals surface area contributed by atoms with Crippen molar-refractivity contribution < 1.29 is 4.79 Å². The average molecular weight is 531 g/mol.